The van der Waals surface area contributed by atoms with Crippen LogP contribution in [0.25, 0.3) is 0 Å². The Kier molecular flexibility index (Phi) is 4.33. The van der Waals surface area contributed by atoms with Crippen molar-refractivity contribution >= 4 is 0 Å². The largest absolute Gasteiger partial charge is 0.416 e. The highest BCUT2D eigenvalue weighted by molar-refractivity contribution is 5.30. The van der Waals surface area contributed by atoms with Crippen LogP contribution in [0.5, 0.6) is 0 Å². The summed E-state index contributed by atoms with van der Waals surface area (Å²) in [5, 5.41) is 6.23. The van der Waals surface area contributed by atoms with E-state index >= 15 is 0 Å². The Labute approximate surface area is 111 Å². The highest BCUT2D eigenvalue weighted by Crippen LogP contribution is 2.32. The lowest BCUT2D eigenvalue weighted by molar-refractivity contribution is -0.138. The van der Waals surface area contributed by atoms with Gasteiger partial charge in [0.15, 0.2) is 6.33 Å². The third-order valence-corrected chi connectivity index (χ3v) is 2.62. The number of aromatic nitrogens is 2. The van der Waals surface area contributed by atoms with E-state index in [-0.39, 0.29) is 12.1 Å². The molecule has 1 N–H and O–H groups in total. The summed E-state index contributed by atoms with van der Waals surface area (Å²) in [5.74, 6) is -0.514. The second-order valence-electron chi connectivity index (χ2n) is 4.06. The Morgan fingerprint density at radius 2 is 2.05 bits per heavy atom. The summed E-state index contributed by atoms with van der Waals surface area (Å²) >= 11 is 0. The van der Waals surface area contributed by atoms with Crippen LogP contribution in [0.3, 0.4) is 0 Å². The normalized spacial score (nSPS) is 11.8. The van der Waals surface area contributed by atoms with Gasteiger partial charge >= 0.3 is 6.18 Å². The molecule has 0 aliphatic carbocycles. The summed E-state index contributed by atoms with van der Waals surface area (Å²) in [5.41, 5.74) is -0.979. The first-order chi connectivity index (χ1) is 9.47. The van der Waals surface area contributed by atoms with Crippen molar-refractivity contribution in [3.63, 3.8) is 0 Å². The summed E-state index contributed by atoms with van der Waals surface area (Å²) in [7, 11) is 0. The van der Waals surface area contributed by atoms with Gasteiger partial charge in [0, 0.05) is 19.5 Å². The van der Waals surface area contributed by atoms with Crippen LogP contribution in [0, 0.1) is 5.82 Å². The van der Waals surface area contributed by atoms with Gasteiger partial charge in [0.1, 0.15) is 5.82 Å². The topological polar surface area (TPSA) is 51.0 Å². The summed E-state index contributed by atoms with van der Waals surface area (Å²) in [6.45, 7) is 0.347. The molecule has 8 heteroatoms. The summed E-state index contributed by atoms with van der Waals surface area (Å²) < 4.78 is 55.9. The van der Waals surface area contributed by atoms with Gasteiger partial charge in [-0.25, -0.2) is 4.39 Å². The van der Waals surface area contributed by atoms with E-state index in [1.807, 2.05) is 0 Å². The predicted octanol–water partition coefficient (Wildman–Crippen LogP) is 2.56. The molecule has 0 aliphatic rings. The van der Waals surface area contributed by atoms with Crippen LogP contribution in [0.4, 0.5) is 17.6 Å². The molecule has 0 atom stereocenters. The van der Waals surface area contributed by atoms with Crippen molar-refractivity contribution in [3.05, 3.63) is 47.4 Å². The van der Waals surface area contributed by atoms with Crippen LogP contribution in [0.15, 0.2) is 29.0 Å². The fraction of sp³-hybridized carbons (Fsp3) is 0.333. The lowest BCUT2D eigenvalue weighted by atomic mass is 10.1. The van der Waals surface area contributed by atoms with Crippen LogP contribution in [0.1, 0.15) is 17.0 Å². The van der Waals surface area contributed by atoms with E-state index in [9.17, 15) is 17.6 Å². The van der Waals surface area contributed by atoms with E-state index in [1.54, 1.807) is 0 Å². The smallest absolute Gasteiger partial charge is 0.340 e. The maximum atomic E-state index is 12.9. The number of rotatable bonds is 5. The van der Waals surface area contributed by atoms with Gasteiger partial charge in [0.05, 0.1) is 5.56 Å². The molecule has 0 fully saturated rings. The van der Waals surface area contributed by atoms with E-state index in [0.29, 0.717) is 24.9 Å². The van der Waals surface area contributed by atoms with Crippen LogP contribution < -0.4 is 5.32 Å². The average Bonchev–Trinajstić information content (AvgIpc) is 2.88. The summed E-state index contributed by atoms with van der Waals surface area (Å²) in [6.07, 6.45) is -2.93. The molecule has 4 nitrogen and oxygen atoms in total. The molecule has 1 aromatic carbocycles. The van der Waals surface area contributed by atoms with Crippen molar-refractivity contribution in [2.75, 3.05) is 6.54 Å². The first-order valence-electron chi connectivity index (χ1n) is 5.78. The standard InChI is InChI=1S/C12H11F4N3O/c13-9-2-1-8(10(5-9)12(14,15)16)6-17-4-3-11-18-7-19-20-11/h1-2,5,7,17H,3-4,6H2. The first kappa shape index (κ1) is 14.4. The first-order valence-corrected chi connectivity index (χ1v) is 5.78. The van der Waals surface area contributed by atoms with Crippen LogP contribution >= 0.6 is 0 Å². The molecule has 20 heavy (non-hydrogen) atoms. The Hall–Kier alpha value is -1.96. The van der Waals surface area contributed by atoms with E-state index in [4.69, 9.17) is 4.52 Å². The molecule has 0 unspecified atom stereocenters. The number of hydrogen-bond acceptors (Lipinski definition) is 4. The zero-order chi connectivity index (χ0) is 14.6. The van der Waals surface area contributed by atoms with E-state index < -0.39 is 17.6 Å². The SMILES string of the molecule is Fc1ccc(CNCCc2ncno2)c(C(F)(F)F)c1. The highest BCUT2D eigenvalue weighted by atomic mass is 19.4. The molecule has 0 bridgehead atoms. The fourth-order valence-electron chi connectivity index (χ4n) is 1.69. The number of nitrogens with one attached hydrogen (secondary N) is 1. The minimum atomic E-state index is -4.58. The Balaban J connectivity index is 1.95. The molecule has 108 valence electrons. The van der Waals surface area contributed by atoms with Gasteiger partial charge in [-0.15, -0.1) is 0 Å². The minimum absolute atomic E-state index is 0.00979. The number of nitrogens with zero attached hydrogens (tertiary/aromatic N) is 2. The van der Waals surface area contributed by atoms with Gasteiger partial charge < -0.3 is 9.84 Å². The van der Waals surface area contributed by atoms with E-state index in [0.717, 1.165) is 12.1 Å². The van der Waals surface area contributed by atoms with Crippen molar-refractivity contribution in [1.29, 1.82) is 0 Å². The highest BCUT2D eigenvalue weighted by Gasteiger charge is 2.33. The Morgan fingerprint density at radius 3 is 2.70 bits per heavy atom. The van der Waals surface area contributed by atoms with E-state index in [1.165, 1.54) is 6.33 Å². The second kappa shape index (κ2) is 6.00. The number of hydrogen-bond donors (Lipinski definition) is 1. The lowest BCUT2D eigenvalue weighted by Gasteiger charge is -2.13. The van der Waals surface area contributed by atoms with Crippen molar-refractivity contribution in [3.8, 4) is 0 Å². The lowest BCUT2D eigenvalue weighted by Crippen LogP contribution is -2.20. The zero-order valence-electron chi connectivity index (χ0n) is 10.2. The molecular weight excluding hydrogens is 278 g/mol. The quantitative estimate of drug-likeness (QED) is 0.679. The van der Waals surface area contributed by atoms with Gasteiger partial charge in [0.25, 0.3) is 0 Å². The molecule has 0 amide bonds. The number of halogens is 4. The fourth-order valence-corrected chi connectivity index (χ4v) is 1.69. The van der Waals surface area contributed by atoms with Crippen molar-refractivity contribution in [1.82, 2.24) is 15.5 Å². The molecule has 0 radical (unpaired) electrons. The van der Waals surface area contributed by atoms with Crippen molar-refractivity contribution in [2.45, 2.75) is 19.1 Å². The molecule has 0 spiro atoms. The third-order valence-electron chi connectivity index (χ3n) is 2.62. The van der Waals surface area contributed by atoms with Gasteiger partial charge in [0.2, 0.25) is 5.89 Å². The monoisotopic (exact) mass is 289 g/mol. The van der Waals surface area contributed by atoms with Crippen LogP contribution in [-0.4, -0.2) is 16.7 Å². The van der Waals surface area contributed by atoms with Gasteiger partial charge in [-0.2, -0.15) is 18.2 Å². The molecule has 1 aromatic heterocycles. The Morgan fingerprint density at radius 1 is 1.25 bits per heavy atom. The van der Waals surface area contributed by atoms with Gasteiger partial charge in [-0.05, 0) is 17.7 Å². The summed E-state index contributed by atoms with van der Waals surface area (Å²) in [4.78, 5) is 3.78. The molecule has 0 saturated heterocycles. The minimum Gasteiger partial charge on any atom is -0.340 e. The summed E-state index contributed by atoms with van der Waals surface area (Å²) in [6, 6.07) is 2.62. The van der Waals surface area contributed by atoms with E-state index in [2.05, 4.69) is 15.5 Å². The van der Waals surface area contributed by atoms with Gasteiger partial charge in [-0.3, -0.25) is 0 Å². The van der Waals surface area contributed by atoms with Crippen LogP contribution in [-0.2, 0) is 19.1 Å². The van der Waals surface area contributed by atoms with Gasteiger partial charge in [-0.1, -0.05) is 11.2 Å². The second-order valence-corrected chi connectivity index (χ2v) is 4.06. The third kappa shape index (κ3) is 3.77. The maximum Gasteiger partial charge on any atom is 0.416 e. The van der Waals surface area contributed by atoms with Crippen molar-refractivity contribution in [2.24, 2.45) is 0 Å². The predicted molar refractivity (Wildman–Crippen MR) is 61.1 cm³/mol. The molecule has 1 heterocycles. The molecule has 0 aliphatic heterocycles. The zero-order valence-corrected chi connectivity index (χ0v) is 10.2. The number of benzene rings is 1. The van der Waals surface area contributed by atoms with Crippen LogP contribution in [0.2, 0.25) is 0 Å². The Bertz CT molecular complexity index is 554. The maximum absolute atomic E-state index is 12.9. The number of alkyl halides is 3. The molecule has 2 rings (SSSR count). The molecule has 2 aromatic rings. The molecular formula is C12H11F4N3O. The average molecular weight is 289 g/mol. The van der Waals surface area contributed by atoms with Crippen molar-refractivity contribution < 1.29 is 22.1 Å². The molecule has 0 saturated carbocycles.